The Morgan fingerprint density at radius 3 is 2.53 bits per heavy atom. The summed E-state index contributed by atoms with van der Waals surface area (Å²) in [5, 5.41) is 0.722. The molecule has 0 fully saturated rings. The predicted octanol–water partition coefficient (Wildman–Crippen LogP) is 4.27. The molecule has 2 aromatic carbocycles. The molecule has 0 aliphatic heterocycles. The van der Waals surface area contributed by atoms with Crippen LogP contribution in [0.15, 0.2) is 47.4 Å². The average Bonchev–Trinajstić information content (AvgIpc) is 2.43. The van der Waals surface area contributed by atoms with E-state index in [1.165, 1.54) is 5.56 Å². The number of nitrogen functional groups attached to an aromatic ring is 1. The maximum atomic E-state index is 6.13. The molecular weight excluding hydrogens is 278 g/mol. The van der Waals surface area contributed by atoms with E-state index in [0.717, 1.165) is 33.5 Å². The Balaban J connectivity index is 1.92. The first-order chi connectivity index (χ1) is 9.20. The lowest BCUT2D eigenvalue weighted by atomic mass is 10.2. The number of thioether (sulfide) groups is 1. The predicted molar refractivity (Wildman–Crippen MR) is 83.3 cm³/mol. The zero-order valence-corrected chi connectivity index (χ0v) is 12.3. The molecule has 0 saturated heterocycles. The van der Waals surface area contributed by atoms with Crippen LogP contribution in [-0.2, 0) is 6.42 Å². The molecule has 0 aliphatic rings. The summed E-state index contributed by atoms with van der Waals surface area (Å²) < 4.78 is 5.14. The van der Waals surface area contributed by atoms with E-state index in [0.29, 0.717) is 0 Å². The molecular formula is C15H16ClNOS. The van der Waals surface area contributed by atoms with Crippen molar-refractivity contribution in [2.75, 3.05) is 18.6 Å². The molecule has 0 amide bonds. The average molecular weight is 294 g/mol. The van der Waals surface area contributed by atoms with Gasteiger partial charge in [-0.3, -0.25) is 0 Å². The van der Waals surface area contributed by atoms with E-state index in [1.807, 2.05) is 30.3 Å². The fourth-order valence-corrected chi connectivity index (χ4v) is 3.07. The molecule has 0 saturated carbocycles. The first kappa shape index (κ1) is 14.1. The van der Waals surface area contributed by atoms with Crippen LogP contribution in [-0.4, -0.2) is 12.9 Å². The highest BCUT2D eigenvalue weighted by atomic mass is 35.5. The van der Waals surface area contributed by atoms with E-state index in [4.69, 9.17) is 22.1 Å². The Hall–Kier alpha value is -1.32. The van der Waals surface area contributed by atoms with Gasteiger partial charge in [0, 0.05) is 16.3 Å². The number of anilines is 1. The normalized spacial score (nSPS) is 10.4. The minimum Gasteiger partial charge on any atom is -0.497 e. The Bertz CT molecular complexity index is 522. The van der Waals surface area contributed by atoms with Gasteiger partial charge in [0.25, 0.3) is 0 Å². The largest absolute Gasteiger partial charge is 0.497 e. The molecule has 4 heteroatoms. The van der Waals surface area contributed by atoms with Gasteiger partial charge in [-0.05, 0) is 36.2 Å². The monoisotopic (exact) mass is 293 g/mol. The van der Waals surface area contributed by atoms with Crippen molar-refractivity contribution in [1.82, 2.24) is 0 Å². The third-order valence-corrected chi connectivity index (χ3v) is 4.37. The van der Waals surface area contributed by atoms with Gasteiger partial charge in [0.1, 0.15) is 5.75 Å². The smallest absolute Gasteiger partial charge is 0.118 e. The highest BCUT2D eigenvalue weighted by molar-refractivity contribution is 7.99. The van der Waals surface area contributed by atoms with Crippen molar-refractivity contribution >= 4 is 29.1 Å². The summed E-state index contributed by atoms with van der Waals surface area (Å²) >= 11 is 7.82. The summed E-state index contributed by atoms with van der Waals surface area (Å²) in [6, 6.07) is 13.7. The van der Waals surface area contributed by atoms with Crippen LogP contribution in [0, 0.1) is 0 Å². The number of halogens is 1. The van der Waals surface area contributed by atoms with Gasteiger partial charge in [0.2, 0.25) is 0 Å². The number of hydrogen-bond acceptors (Lipinski definition) is 3. The van der Waals surface area contributed by atoms with Crippen LogP contribution in [0.25, 0.3) is 0 Å². The SMILES string of the molecule is COc1ccc(CCSc2c(N)cccc2Cl)cc1. The van der Waals surface area contributed by atoms with Crippen LogP contribution in [0.5, 0.6) is 5.75 Å². The molecule has 0 radical (unpaired) electrons. The van der Waals surface area contributed by atoms with Crippen LogP contribution < -0.4 is 10.5 Å². The summed E-state index contributed by atoms with van der Waals surface area (Å²) in [7, 11) is 1.67. The molecule has 0 spiro atoms. The Morgan fingerprint density at radius 2 is 1.89 bits per heavy atom. The number of benzene rings is 2. The fourth-order valence-electron chi connectivity index (χ4n) is 1.74. The van der Waals surface area contributed by atoms with Crippen LogP contribution in [0.4, 0.5) is 5.69 Å². The number of rotatable bonds is 5. The maximum Gasteiger partial charge on any atom is 0.118 e. The molecule has 100 valence electrons. The second kappa shape index (κ2) is 6.73. The lowest BCUT2D eigenvalue weighted by molar-refractivity contribution is 0.414. The summed E-state index contributed by atoms with van der Waals surface area (Å²) in [5.41, 5.74) is 7.94. The third-order valence-electron chi connectivity index (χ3n) is 2.79. The summed E-state index contributed by atoms with van der Waals surface area (Å²) in [6.45, 7) is 0. The minimum atomic E-state index is 0.722. The summed E-state index contributed by atoms with van der Waals surface area (Å²) in [5.74, 6) is 1.83. The fraction of sp³-hybridized carbons (Fsp3) is 0.200. The number of hydrogen-bond donors (Lipinski definition) is 1. The van der Waals surface area contributed by atoms with E-state index in [2.05, 4.69) is 12.1 Å². The van der Waals surface area contributed by atoms with Gasteiger partial charge < -0.3 is 10.5 Å². The molecule has 0 aliphatic carbocycles. The molecule has 2 nitrogen and oxygen atoms in total. The van der Waals surface area contributed by atoms with Crippen LogP contribution in [0.2, 0.25) is 5.02 Å². The van der Waals surface area contributed by atoms with Crippen molar-refractivity contribution in [3.8, 4) is 5.75 Å². The van der Waals surface area contributed by atoms with Crippen molar-refractivity contribution in [1.29, 1.82) is 0 Å². The third kappa shape index (κ3) is 3.82. The highest BCUT2D eigenvalue weighted by Gasteiger charge is 2.05. The van der Waals surface area contributed by atoms with Gasteiger partial charge in [-0.25, -0.2) is 0 Å². The zero-order valence-electron chi connectivity index (χ0n) is 10.7. The summed E-state index contributed by atoms with van der Waals surface area (Å²) in [4.78, 5) is 0.970. The minimum absolute atomic E-state index is 0.722. The lowest BCUT2D eigenvalue weighted by Gasteiger charge is -2.07. The quantitative estimate of drug-likeness (QED) is 0.660. The van der Waals surface area contributed by atoms with E-state index in [9.17, 15) is 0 Å². The van der Waals surface area contributed by atoms with Gasteiger partial charge >= 0.3 is 0 Å². The number of nitrogens with two attached hydrogens (primary N) is 1. The van der Waals surface area contributed by atoms with Crippen molar-refractivity contribution in [3.05, 3.63) is 53.1 Å². The maximum absolute atomic E-state index is 6.13. The van der Waals surface area contributed by atoms with Gasteiger partial charge in [-0.15, -0.1) is 11.8 Å². The second-order valence-electron chi connectivity index (χ2n) is 4.10. The molecule has 0 heterocycles. The Kier molecular flexibility index (Phi) is 5.00. The van der Waals surface area contributed by atoms with Crippen molar-refractivity contribution in [2.45, 2.75) is 11.3 Å². The van der Waals surface area contributed by atoms with Crippen molar-refractivity contribution < 1.29 is 4.74 Å². The standard InChI is InChI=1S/C15H16ClNOS/c1-18-12-7-5-11(6-8-12)9-10-19-15-13(16)3-2-4-14(15)17/h2-8H,9-10,17H2,1H3. The van der Waals surface area contributed by atoms with Crippen molar-refractivity contribution in [2.24, 2.45) is 0 Å². The van der Waals surface area contributed by atoms with Crippen molar-refractivity contribution in [3.63, 3.8) is 0 Å². The molecule has 2 aromatic rings. The molecule has 0 unspecified atom stereocenters. The van der Waals surface area contributed by atoms with E-state index < -0.39 is 0 Å². The van der Waals surface area contributed by atoms with E-state index in [-0.39, 0.29) is 0 Å². The van der Waals surface area contributed by atoms with E-state index >= 15 is 0 Å². The first-order valence-electron chi connectivity index (χ1n) is 6.00. The molecule has 2 rings (SSSR count). The van der Waals surface area contributed by atoms with E-state index in [1.54, 1.807) is 18.9 Å². The van der Waals surface area contributed by atoms with Gasteiger partial charge in [0.05, 0.1) is 12.1 Å². The summed E-state index contributed by atoms with van der Waals surface area (Å²) in [6.07, 6.45) is 0.972. The first-order valence-corrected chi connectivity index (χ1v) is 7.37. The van der Waals surface area contributed by atoms with Crippen LogP contribution >= 0.6 is 23.4 Å². The van der Waals surface area contributed by atoms with Crippen LogP contribution in [0.1, 0.15) is 5.56 Å². The van der Waals surface area contributed by atoms with Gasteiger partial charge in [0.15, 0.2) is 0 Å². The van der Waals surface area contributed by atoms with Gasteiger partial charge in [-0.2, -0.15) is 0 Å². The highest BCUT2D eigenvalue weighted by Crippen LogP contribution is 2.32. The Labute approximate surface area is 122 Å². The molecule has 0 atom stereocenters. The van der Waals surface area contributed by atoms with Crippen LogP contribution in [0.3, 0.4) is 0 Å². The molecule has 0 aromatic heterocycles. The Morgan fingerprint density at radius 1 is 1.16 bits per heavy atom. The van der Waals surface area contributed by atoms with Gasteiger partial charge in [-0.1, -0.05) is 29.8 Å². The lowest BCUT2D eigenvalue weighted by Crippen LogP contribution is -1.93. The zero-order chi connectivity index (χ0) is 13.7. The number of aryl methyl sites for hydroxylation is 1. The molecule has 19 heavy (non-hydrogen) atoms. The number of methoxy groups -OCH3 is 1. The second-order valence-corrected chi connectivity index (χ2v) is 5.62. The topological polar surface area (TPSA) is 35.2 Å². The molecule has 2 N–H and O–H groups in total. The number of ether oxygens (including phenoxy) is 1. The molecule has 0 bridgehead atoms.